The van der Waals surface area contributed by atoms with Crippen molar-refractivity contribution in [3.63, 3.8) is 0 Å². The molecule has 0 spiro atoms. The number of hydrogen-bond acceptors (Lipinski definition) is 3. The van der Waals surface area contributed by atoms with Crippen LogP contribution in [0.1, 0.15) is 46.2 Å². The first-order chi connectivity index (χ1) is 12.9. The average Bonchev–Trinajstić information content (AvgIpc) is 3.14. The topological polar surface area (TPSA) is 86.9 Å². The number of aromatic nitrogens is 1. The molecule has 0 radical (unpaired) electrons. The number of hydrogen-bond donors (Lipinski definition) is 2. The highest BCUT2D eigenvalue weighted by molar-refractivity contribution is 6.10. The fraction of sp³-hybridized carbons (Fsp3) is 0.286. The van der Waals surface area contributed by atoms with Gasteiger partial charge in [0.1, 0.15) is 11.6 Å². The molecule has 0 bridgehead atoms. The normalized spacial score (nSPS) is 13.1. The van der Waals surface area contributed by atoms with Gasteiger partial charge < -0.3 is 15.2 Å². The van der Waals surface area contributed by atoms with Crippen LogP contribution in [0.5, 0.6) is 0 Å². The average molecular weight is 362 g/mol. The number of nitrogens with one attached hydrogen (secondary N) is 2. The number of amides is 2. The van der Waals surface area contributed by atoms with Gasteiger partial charge in [-0.1, -0.05) is 13.0 Å². The van der Waals surface area contributed by atoms with E-state index < -0.39 is 5.91 Å². The second kappa shape index (κ2) is 7.50. The smallest absolute Gasteiger partial charge is 0.266 e. The first kappa shape index (κ1) is 18.5. The lowest BCUT2D eigenvalue weighted by Crippen LogP contribution is -2.15. The Balaban J connectivity index is 1.84. The Bertz CT molecular complexity index is 992. The number of rotatable bonds is 5. The minimum atomic E-state index is -0.490. The number of fused-ring (bicyclic) bond motifs is 1. The fourth-order valence-electron chi connectivity index (χ4n) is 3.33. The van der Waals surface area contributed by atoms with Gasteiger partial charge in [0.25, 0.3) is 11.8 Å². The summed E-state index contributed by atoms with van der Waals surface area (Å²) in [6.45, 7) is 7.51. The Morgan fingerprint density at radius 1 is 1.37 bits per heavy atom. The number of carbonyl (C=O) groups excluding carboxylic acids is 2. The van der Waals surface area contributed by atoms with Crippen molar-refractivity contribution in [1.29, 1.82) is 5.26 Å². The molecule has 2 heterocycles. The van der Waals surface area contributed by atoms with E-state index in [0.29, 0.717) is 17.8 Å². The molecular formula is C21H22N4O2. The van der Waals surface area contributed by atoms with Crippen molar-refractivity contribution in [3.8, 4) is 6.07 Å². The van der Waals surface area contributed by atoms with Gasteiger partial charge in [0.15, 0.2) is 0 Å². The fourth-order valence-corrected chi connectivity index (χ4v) is 3.33. The molecule has 1 aromatic heterocycles. The Labute approximate surface area is 158 Å². The second-order valence-electron chi connectivity index (χ2n) is 6.66. The molecule has 0 atom stereocenters. The summed E-state index contributed by atoms with van der Waals surface area (Å²) in [4.78, 5) is 24.3. The van der Waals surface area contributed by atoms with Gasteiger partial charge in [-0.15, -0.1) is 0 Å². The Kier molecular flexibility index (Phi) is 5.13. The van der Waals surface area contributed by atoms with Gasteiger partial charge in [-0.2, -0.15) is 5.26 Å². The molecule has 0 aliphatic carbocycles. The van der Waals surface area contributed by atoms with Crippen LogP contribution in [-0.2, 0) is 17.9 Å². The molecule has 0 fully saturated rings. The van der Waals surface area contributed by atoms with Crippen molar-refractivity contribution in [1.82, 2.24) is 9.88 Å². The number of aryl methyl sites for hydroxylation is 1. The van der Waals surface area contributed by atoms with E-state index in [-0.39, 0.29) is 11.5 Å². The highest BCUT2D eigenvalue weighted by atomic mass is 16.2. The molecular weight excluding hydrogens is 340 g/mol. The van der Waals surface area contributed by atoms with Crippen LogP contribution in [0.3, 0.4) is 0 Å². The molecule has 1 aliphatic rings. The van der Waals surface area contributed by atoms with Crippen molar-refractivity contribution in [2.45, 2.75) is 40.3 Å². The van der Waals surface area contributed by atoms with Gasteiger partial charge in [-0.25, -0.2) is 0 Å². The zero-order valence-corrected chi connectivity index (χ0v) is 15.7. The number of nitrogens with zero attached hydrogens (tertiary/aromatic N) is 2. The molecule has 6 nitrogen and oxygen atoms in total. The van der Waals surface area contributed by atoms with Crippen LogP contribution >= 0.6 is 0 Å². The predicted octanol–water partition coefficient (Wildman–Crippen LogP) is 3.30. The van der Waals surface area contributed by atoms with Crippen LogP contribution in [0.25, 0.3) is 6.08 Å². The minimum Gasteiger partial charge on any atom is -0.349 e. The summed E-state index contributed by atoms with van der Waals surface area (Å²) in [6, 6.07) is 9.14. The lowest BCUT2D eigenvalue weighted by molar-refractivity contribution is -0.112. The molecule has 0 unspecified atom stereocenters. The molecule has 3 rings (SSSR count). The second-order valence-corrected chi connectivity index (χ2v) is 6.66. The highest BCUT2D eigenvalue weighted by Crippen LogP contribution is 2.22. The Morgan fingerprint density at radius 3 is 2.85 bits per heavy atom. The first-order valence-corrected chi connectivity index (χ1v) is 8.95. The van der Waals surface area contributed by atoms with Crippen molar-refractivity contribution in [2.24, 2.45) is 0 Å². The van der Waals surface area contributed by atoms with Crippen molar-refractivity contribution in [3.05, 3.63) is 57.9 Å². The van der Waals surface area contributed by atoms with E-state index in [1.165, 1.54) is 0 Å². The van der Waals surface area contributed by atoms with Crippen LogP contribution in [0.15, 0.2) is 29.8 Å². The summed E-state index contributed by atoms with van der Waals surface area (Å²) in [7, 11) is 0. The molecule has 1 aliphatic heterocycles. The van der Waals surface area contributed by atoms with Crippen molar-refractivity contribution >= 4 is 23.6 Å². The van der Waals surface area contributed by atoms with E-state index >= 15 is 0 Å². The third kappa shape index (κ3) is 3.63. The SMILES string of the molecule is CCCn1c(C)cc(/C=C(\C#N)C(=O)Nc2ccc3c(c2)C(=O)NC3)c1C. The number of nitriles is 1. The summed E-state index contributed by atoms with van der Waals surface area (Å²) in [6.07, 6.45) is 2.63. The monoisotopic (exact) mass is 362 g/mol. The molecule has 2 aromatic rings. The molecule has 27 heavy (non-hydrogen) atoms. The Morgan fingerprint density at radius 2 is 2.15 bits per heavy atom. The molecule has 1 aromatic carbocycles. The maximum absolute atomic E-state index is 12.5. The van der Waals surface area contributed by atoms with E-state index in [2.05, 4.69) is 22.1 Å². The third-order valence-corrected chi connectivity index (χ3v) is 4.78. The number of carbonyl (C=O) groups is 2. The molecule has 138 valence electrons. The lowest BCUT2D eigenvalue weighted by Gasteiger charge is -2.07. The number of benzene rings is 1. The third-order valence-electron chi connectivity index (χ3n) is 4.78. The quantitative estimate of drug-likeness (QED) is 0.632. The van der Waals surface area contributed by atoms with E-state index in [0.717, 1.165) is 35.5 Å². The predicted molar refractivity (Wildman–Crippen MR) is 104 cm³/mol. The van der Waals surface area contributed by atoms with Crippen molar-refractivity contribution < 1.29 is 9.59 Å². The van der Waals surface area contributed by atoms with Crippen molar-refractivity contribution in [2.75, 3.05) is 5.32 Å². The van der Waals surface area contributed by atoms with Gasteiger partial charge in [-0.3, -0.25) is 9.59 Å². The highest BCUT2D eigenvalue weighted by Gasteiger charge is 2.20. The van der Waals surface area contributed by atoms with E-state index in [1.807, 2.05) is 26.0 Å². The van der Waals surface area contributed by atoms with Gasteiger partial charge in [0.05, 0.1) is 0 Å². The van der Waals surface area contributed by atoms with Gasteiger partial charge >= 0.3 is 0 Å². The summed E-state index contributed by atoms with van der Waals surface area (Å²) >= 11 is 0. The van der Waals surface area contributed by atoms with Gasteiger partial charge in [0, 0.05) is 35.7 Å². The molecule has 2 amide bonds. The van der Waals surface area contributed by atoms with E-state index in [1.54, 1.807) is 24.3 Å². The summed E-state index contributed by atoms with van der Waals surface area (Å²) in [5.41, 5.74) is 4.97. The molecule has 6 heteroatoms. The van der Waals surface area contributed by atoms with Gasteiger partial charge in [0.2, 0.25) is 0 Å². The zero-order valence-electron chi connectivity index (χ0n) is 15.7. The first-order valence-electron chi connectivity index (χ1n) is 8.95. The van der Waals surface area contributed by atoms with Crippen LogP contribution in [0.2, 0.25) is 0 Å². The lowest BCUT2D eigenvalue weighted by atomic mass is 10.1. The largest absolute Gasteiger partial charge is 0.349 e. The number of anilines is 1. The van der Waals surface area contributed by atoms with E-state index in [4.69, 9.17) is 0 Å². The Hall–Kier alpha value is -3.33. The maximum atomic E-state index is 12.5. The summed E-state index contributed by atoms with van der Waals surface area (Å²) in [5.74, 6) is -0.642. The van der Waals surface area contributed by atoms with Gasteiger partial charge in [-0.05, 0) is 55.7 Å². The summed E-state index contributed by atoms with van der Waals surface area (Å²) < 4.78 is 2.18. The molecule has 0 saturated carbocycles. The van der Waals surface area contributed by atoms with Crippen LogP contribution in [0, 0.1) is 25.2 Å². The summed E-state index contributed by atoms with van der Waals surface area (Å²) in [5, 5.41) is 14.9. The van der Waals surface area contributed by atoms with Crippen LogP contribution in [-0.4, -0.2) is 16.4 Å². The van der Waals surface area contributed by atoms with E-state index in [9.17, 15) is 14.9 Å². The van der Waals surface area contributed by atoms with Crippen LogP contribution in [0.4, 0.5) is 5.69 Å². The molecule has 2 N–H and O–H groups in total. The van der Waals surface area contributed by atoms with Crippen LogP contribution < -0.4 is 10.6 Å². The molecule has 0 saturated heterocycles. The maximum Gasteiger partial charge on any atom is 0.266 e. The standard InChI is InChI=1S/C21H22N4O2/c1-4-7-25-13(2)8-16(14(25)3)9-17(11-22)20(26)24-18-6-5-15-12-23-21(27)19(15)10-18/h5-6,8-10H,4,7,12H2,1-3H3,(H,23,27)(H,24,26)/b17-9+. The zero-order chi connectivity index (χ0) is 19.6. The minimum absolute atomic E-state index is 0.0247.